The van der Waals surface area contributed by atoms with Crippen molar-refractivity contribution in [1.29, 1.82) is 0 Å². The third kappa shape index (κ3) is 3.39. The molecule has 2 aromatic rings. The second-order valence-electron chi connectivity index (χ2n) is 4.31. The first kappa shape index (κ1) is 14.1. The number of anilines is 2. The van der Waals surface area contributed by atoms with E-state index in [9.17, 15) is 0 Å². The lowest BCUT2D eigenvalue weighted by Gasteiger charge is -2.11. The van der Waals surface area contributed by atoms with Crippen molar-refractivity contribution in [2.75, 3.05) is 11.5 Å². The number of hydrogen-bond acceptors (Lipinski definition) is 5. The van der Waals surface area contributed by atoms with Gasteiger partial charge in [-0.15, -0.1) is 0 Å². The van der Waals surface area contributed by atoms with Crippen LogP contribution < -0.4 is 11.5 Å². The van der Waals surface area contributed by atoms with E-state index in [1.165, 1.54) is 0 Å². The number of nitrogen functional groups attached to an aromatic ring is 2. The van der Waals surface area contributed by atoms with E-state index in [1.54, 1.807) is 0 Å². The minimum absolute atomic E-state index is 0.0914. The van der Waals surface area contributed by atoms with E-state index in [-0.39, 0.29) is 5.25 Å². The Labute approximate surface area is 126 Å². The maximum absolute atomic E-state index is 5.96. The van der Waals surface area contributed by atoms with Crippen molar-refractivity contribution in [3.8, 4) is 0 Å². The fourth-order valence-corrected chi connectivity index (χ4v) is 2.09. The lowest BCUT2D eigenvalue weighted by Crippen LogP contribution is -2.10. The van der Waals surface area contributed by atoms with E-state index >= 15 is 0 Å². The average Bonchev–Trinajstić information content (AvgIpc) is 2.35. The van der Waals surface area contributed by atoms with Gasteiger partial charge >= 0.3 is 0 Å². The zero-order valence-corrected chi connectivity index (χ0v) is 12.9. The number of thiol groups is 1. The summed E-state index contributed by atoms with van der Waals surface area (Å²) in [6, 6.07) is 7.98. The summed E-state index contributed by atoms with van der Waals surface area (Å²) in [5.74, 6) is 1.40. The molecule has 1 atom stereocenters. The summed E-state index contributed by atoms with van der Waals surface area (Å²) in [4.78, 5) is 8.50. The van der Waals surface area contributed by atoms with Crippen LogP contribution in [0.15, 0.2) is 28.7 Å². The van der Waals surface area contributed by atoms with Gasteiger partial charge in [-0.05, 0) is 24.6 Å². The van der Waals surface area contributed by atoms with E-state index in [0.29, 0.717) is 23.9 Å². The highest BCUT2D eigenvalue weighted by Gasteiger charge is 2.13. The number of aromatic nitrogens is 2. The third-order valence-electron chi connectivity index (χ3n) is 2.76. The number of halogens is 1. The Kier molecular flexibility index (Phi) is 4.31. The molecule has 1 aromatic heterocycles. The van der Waals surface area contributed by atoms with E-state index in [0.717, 1.165) is 15.6 Å². The smallest absolute Gasteiger partial charge is 0.145 e. The standard InChI is InChI=1S/C13H15BrN4S/c1-7(19)13-17-11(15)10(12(16)18-13)6-8-2-4-9(14)5-3-8/h2-5,7,19H,6H2,1H3,(H4,15,16,17,18). The van der Waals surface area contributed by atoms with Crippen LogP contribution in [0.25, 0.3) is 0 Å². The highest BCUT2D eigenvalue weighted by molar-refractivity contribution is 9.10. The van der Waals surface area contributed by atoms with Gasteiger partial charge in [0.2, 0.25) is 0 Å². The van der Waals surface area contributed by atoms with E-state index in [1.807, 2.05) is 31.2 Å². The van der Waals surface area contributed by atoms with Gasteiger partial charge in [-0.3, -0.25) is 0 Å². The summed E-state index contributed by atoms with van der Waals surface area (Å²) < 4.78 is 1.03. The summed E-state index contributed by atoms with van der Waals surface area (Å²) >= 11 is 7.69. The Hall–Kier alpha value is -1.27. The topological polar surface area (TPSA) is 77.8 Å². The van der Waals surface area contributed by atoms with Crippen molar-refractivity contribution in [3.63, 3.8) is 0 Å². The average molecular weight is 339 g/mol. The second kappa shape index (κ2) is 5.79. The molecule has 4 N–H and O–H groups in total. The van der Waals surface area contributed by atoms with Gasteiger partial charge in [0.15, 0.2) is 0 Å². The fourth-order valence-electron chi connectivity index (χ4n) is 1.71. The Morgan fingerprint density at radius 3 is 2.16 bits per heavy atom. The van der Waals surface area contributed by atoms with Crippen LogP contribution in [0.2, 0.25) is 0 Å². The lowest BCUT2D eigenvalue weighted by molar-refractivity contribution is 0.920. The molecule has 100 valence electrons. The number of rotatable bonds is 3. The maximum atomic E-state index is 5.96. The number of nitrogens with zero attached hydrogens (tertiary/aromatic N) is 2. The molecule has 1 aromatic carbocycles. The predicted molar refractivity (Wildman–Crippen MR) is 85.2 cm³/mol. The second-order valence-corrected chi connectivity index (χ2v) is 6.00. The molecule has 0 aliphatic carbocycles. The van der Waals surface area contributed by atoms with Gasteiger partial charge in [-0.25, -0.2) is 9.97 Å². The summed E-state index contributed by atoms with van der Waals surface area (Å²) in [7, 11) is 0. The SMILES string of the molecule is CC(S)c1nc(N)c(Cc2ccc(Br)cc2)c(N)n1. The number of hydrogen-bond donors (Lipinski definition) is 3. The summed E-state index contributed by atoms with van der Waals surface area (Å²) in [6.45, 7) is 1.88. The van der Waals surface area contributed by atoms with Crippen molar-refractivity contribution < 1.29 is 0 Å². The molecule has 19 heavy (non-hydrogen) atoms. The van der Waals surface area contributed by atoms with Crippen LogP contribution in [0.3, 0.4) is 0 Å². The van der Waals surface area contributed by atoms with Crippen molar-refractivity contribution >= 4 is 40.2 Å². The molecule has 1 unspecified atom stereocenters. The van der Waals surface area contributed by atoms with Gasteiger partial charge in [-0.2, -0.15) is 12.6 Å². The van der Waals surface area contributed by atoms with E-state index < -0.39 is 0 Å². The Bertz CT molecular complexity index is 561. The zero-order chi connectivity index (χ0) is 14.0. The number of nitrogens with two attached hydrogens (primary N) is 2. The molecule has 0 bridgehead atoms. The van der Waals surface area contributed by atoms with Crippen molar-refractivity contribution in [3.05, 3.63) is 45.7 Å². The molecular formula is C13H15BrN4S. The van der Waals surface area contributed by atoms with Crippen LogP contribution in [0.1, 0.15) is 29.1 Å². The van der Waals surface area contributed by atoms with Crippen LogP contribution in [0.4, 0.5) is 11.6 Å². The normalized spacial score (nSPS) is 12.4. The quantitative estimate of drug-likeness (QED) is 0.752. The predicted octanol–water partition coefficient (Wildman–Crippen LogP) is 2.99. The molecule has 0 saturated carbocycles. The van der Waals surface area contributed by atoms with Gasteiger partial charge < -0.3 is 11.5 Å². The molecule has 4 nitrogen and oxygen atoms in total. The lowest BCUT2D eigenvalue weighted by atomic mass is 10.1. The molecule has 0 aliphatic heterocycles. The molecular weight excluding hydrogens is 324 g/mol. The Morgan fingerprint density at radius 2 is 1.68 bits per heavy atom. The molecule has 0 aliphatic rings. The van der Waals surface area contributed by atoms with Gasteiger partial charge in [0, 0.05) is 16.5 Å². The highest BCUT2D eigenvalue weighted by atomic mass is 79.9. The molecule has 0 spiro atoms. The summed E-state index contributed by atoms with van der Waals surface area (Å²) in [6.07, 6.45) is 0.617. The Morgan fingerprint density at radius 1 is 1.16 bits per heavy atom. The minimum atomic E-state index is -0.0914. The third-order valence-corrected chi connectivity index (χ3v) is 3.52. The molecule has 2 rings (SSSR count). The largest absolute Gasteiger partial charge is 0.383 e. The molecule has 0 saturated heterocycles. The highest BCUT2D eigenvalue weighted by Crippen LogP contribution is 2.24. The minimum Gasteiger partial charge on any atom is -0.383 e. The van der Waals surface area contributed by atoms with Crippen LogP contribution in [0, 0.1) is 0 Å². The number of benzene rings is 1. The molecule has 0 amide bonds. The zero-order valence-electron chi connectivity index (χ0n) is 10.5. The van der Waals surface area contributed by atoms with Crippen molar-refractivity contribution in [1.82, 2.24) is 9.97 Å². The molecule has 1 heterocycles. The van der Waals surface area contributed by atoms with Crippen molar-refractivity contribution in [2.24, 2.45) is 0 Å². The van der Waals surface area contributed by atoms with Gasteiger partial charge in [0.1, 0.15) is 17.5 Å². The molecule has 6 heteroatoms. The summed E-state index contributed by atoms with van der Waals surface area (Å²) in [5, 5.41) is -0.0914. The van der Waals surface area contributed by atoms with Crippen LogP contribution in [-0.4, -0.2) is 9.97 Å². The van der Waals surface area contributed by atoms with Gasteiger partial charge in [0.25, 0.3) is 0 Å². The first-order chi connectivity index (χ1) is 8.97. The van der Waals surface area contributed by atoms with Crippen molar-refractivity contribution in [2.45, 2.75) is 18.6 Å². The van der Waals surface area contributed by atoms with Crippen LogP contribution in [-0.2, 0) is 6.42 Å². The Balaban J connectivity index is 2.32. The summed E-state index contributed by atoms with van der Waals surface area (Å²) in [5.41, 5.74) is 13.8. The molecule has 0 radical (unpaired) electrons. The van der Waals surface area contributed by atoms with Gasteiger partial charge in [0.05, 0.1) is 5.25 Å². The molecule has 0 fully saturated rings. The van der Waals surface area contributed by atoms with Crippen LogP contribution in [0.5, 0.6) is 0 Å². The first-order valence-electron chi connectivity index (χ1n) is 5.81. The van der Waals surface area contributed by atoms with Gasteiger partial charge in [-0.1, -0.05) is 28.1 Å². The monoisotopic (exact) mass is 338 g/mol. The maximum Gasteiger partial charge on any atom is 0.145 e. The van der Waals surface area contributed by atoms with E-state index in [4.69, 9.17) is 11.5 Å². The van der Waals surface area contributed by atoms with E-state index in [2.05, 4.69) is 38.5 Å². The first-order valence-corrected chi connectivity index (χ1v) is 7.12. The fraction of sp³-hybridized carbons (Fsp3) is 0.231. The van der Waals surface area contributed by atoms with Crippen LogP contribution >= 0.6 is 28.6 Å².